The minimum Gasteiger partial charge on any atom is -0.348 e. The maximum atomic E-state index is 12.2. The van der Waals surface area contributed by atoms with Crippen molar-refractivity contribution >= 4 is 5.91 Å². The zero-order valence-electron chi connectivity index (χ0n) is 11.1. The number of piperidine rings is 1. The van der Waals surface area contributed by atoms with Gasteiger partial charge in [0.2, 0.25) is 5.91 Å². The van der Waals surface area contributed by atoms with Crippen molar-refractivity contribution in [2.75, 3.05) is 6.54 Å². The molecule has 3 heteroatoms. The molecule has 1 aliphatic rings. The Morgan fingerprint density at radius 2 is 2.11 bits per heavy atom. The summed E-state index contributed by atoms with van der Waals surface area (Å²) in [6, 6.07) is 10.1. The Labute approximate surface area is 109 Å². The Hall–Kier alpha value is -1.35. The van der Waals surface area contributed by atoms with Crippen LogP contribution in [0.15, 0.2) is 30.3 Å². The van der Waals surface area contributed by atoms with Crippen LogP contribution in [0.2, 0.25) is 0 Å². The highest BCUT2D eigenvalue weighted by Gasteiger charge is 2.28. The van der Waals surface area contributed by atoms with Gasteiger partial charge in [-0.2, -0.15) is 0 Å². The molecule has 1 aromatic carbocycles. The monoisotopic (exact) mass is 246 g/mol. The number of benzene rings is 1. The smallest absolute Gasteiger partial charge is 0.237 e. The summed E-state index contributed by atoms with van der Waals surface area (Å²) in [5, 5.41) is 6.41. The molecular formula is C15H22N2O. The number of hydrogen-bond acceptors (Lipinski definition) is 2. The maximum Gasteiger partial charge on any atom is 0.237 e. The topological polar surface area (TPSA) is 41.1 Å². The average molecular weight is 246 g/mol. The van der Waals surface area contributed by atoms with Crippen LogP contribution in [-0.2, 0) is 4.79 Å². The van der Waals surface area contributed by atoms with Gasteiger partial charge in [0, 0.05) is 0 Å². The lowest BCUT2D eigenvalue weighted by atomic mass is 9.92. The normalized spacial score (nSPS) is 25.4. The van der Waals surface area contributed by atoms with Crippen LogP contribution in [0, 0.1) is 5.92 Å². The Balaban J connectivity index is 1.94. The third-order valence-electron chi connectivity index (χ3n) is 3.71. The Kier molecular flexibility index (Phi) is 4.37. The Morgan fingerprint density at radius 3 is 2.78 bits per heavy atom. The minimum absolute atomic E-state index is 0.0371. The van der Waals surface area contributed by atoms with Crippen molar-refractivity contribution in [2.45, 2.75) is 38.8 Å². The van der Waals surface area contributed by atoms with E-state index in [1.165, 1.54) is 6.42 Å². The van der Waals surface area contributed by atoms with Crippen LogP contribution in [0.3, 0.4) is 0 Å². The van der Waals surface area contributed by atoms with Gasteiger partial charge in [0.15, 0.2) is 0 Å². The van der Waals surface area contributed by atoms with Gasteiger partial charge in [-0.1, -0.05) is 37.3 Å². The highest BCUT2D eigenvalue weighted by molar-refractivity contribution is 5.82. The summed E-state index contributed by atoms with van der Waals surface area (Å²) in [6.45, 7) is 5.12. The summed E-state index contributed by atoms with van der Waals surface area (Å²) in [7, 11) is 0. The molecule has 0 radical (unpaired) electrons. The second kappa shape index (κ2) is 6.01. The van der Waals surface area contributed by atoms with Gasteiger partial charge in [-0.05, 0) is 37.8 Å². The van der Waals surface area contributed by atoms with Crippen molar-refractivity contribution in [1.82, 2.24) is 10.6 Å². The number of amides is 1. The first-order valence-electron chi connectivity index (χ1n) is 6.77. The Morgan fingerprint density at radius 1 is 1.39 bits per heavy atom. The van der Waals surface area contributed by atoms with Crippen LogP contribution in [0.4, 0.5) is 0 Å². The second-order valence-corrected chi connectivity index (χ2v) is 5.19. The van der Waals surface area contributed by atoms with Crippen LogP contribution < -0.4 is 10.6 Å². The molecule has 1 saturated heterocycles. The molecule has 0 bridgehead atoms. The first kappa shape index (κ1) is 13.1. The minimum atomic E-state index is -0.0371. The van der Waals surface area contributed by atoms with Crippen molar-refractivity contribution in [3.05, 3.63) is 35.9 Å². The molecule has 1 heterocycles. The van der Waals surface area contributed by atoms with Crippen molar-refractivity contribution in [1.29, 1.82) is 0 Å². The van der Waals surface area contributed by atoms with E-state index in [1.54, 1.807) is 0 Å². The zero-order valence-corrected chi connectivity index (χ0v) is 11.1. The molecule has 18 heavy (non-hydrogen) atoms. The molecule has 3 unspecified atom stereocenters. The van der Waals surface area contributed by atoms with E-state index in [-0.39, 0.29) is 18.0 Å². The molecule has 2 N–H and O–H groups in total. The van der Waals surface area contributed by atoms with Gasteiger partial charge in [-0.15, -0.1) is 0 Å². The molecule has 1 aromatic rings. The summed E-state index contributed by atoms with van der Waals surface area (Å²) in [5.41, 5.74) is 1.15. The molecule has 3 nitrogen and oxygen atoms in total. The van der Waals surface area contributed by atoms with Gasteiger partial charge in [-0.3, -0.25) is 4.79 Å². The first-order chi connectivity index (χ1) is 8.68. The van der Waals surface area contributed by atoms with Gasteiger partial charge in [0.1, 0.15) is 0 Å². The summed E-state index contributed by atoms with van der Waals surface area (Å²) < 4.78 is 0. The highest BCUT2D eigenvalue weighted by atomic mass is 16.2. The highest BCUT2D eigenvalue weighted by Crippen LogP contribution is 2.17. The lowest BCUT2D eigenvalue weighted by Gasteiger charge is -2.30. The van der Waals surface area contributed by atoms with E-state index in [2.05, 4.69) is 17.6 Å². The summed E-state index contributed by atoms with van der Waals surface area (Å²) in [4.78, 5) is 12.2. The molecule has 1 fully saturated rings. The first-order valence-corrected chi connectivity index (χ1v) is 6.77. The molecule has 98 valence electrons. The van der Waals surface area contributed by atoms with Crippen LogP contribution in [-0.4, -0.2) is 18.5 Å². The van der Waals surface area contributed by atoms with Gasteiger partial charge < -0.3 is 10.6 Å². The predicted octanol–water partition coefficient (Wildman–Crippen LogP) is 2.25. The van der Waals surface area contributed by atoms with Crippen LogP contribution in [0.5, 0.6) is 0 Å². The molecule has 1 amide bonds. The van der Waals surface area contributed by atoms with E-state index in [0.29, 0.717) is 5.92 Å². The predicted molar refractivity (Wildman–Crippen MR) is 73.2 cm³/mol. The molecule has 1 aliphatic heterocycles. The third-order valence-corrected chi connectivity index (χ3v) is 3.71. The lowest BCUT2D eigenvalue weighted by Crippen LogP contribution is -2.51. The molecule has 0 saturated carbocycles. The fraction of sp³-hybridized carbons (Fsp3) is 0.533. The van der Waals surface area contributed by atoms with Crippen LogP contribution in [0.25, 0.3) is 0 Å². The van der Waals surface area contributed by atoms with Gasteiger partial charge in [-0.25, -0.2) is 0 Å². The van der Waals surface area contributed by atoms with Gasteiger partial charge in [0.25, 0.3) is 0 Å². The van der Waals surface area contributed by atoms with Crippen LogP contribution in [0.1, 0.15) is 38.3 Å². The quantitative estimate of drug-likeness (QED) is 0.859. The second-order valence-electron chi connectivity index (χ2n) is 5.19. The molecule has 2 rings (SSSR count). The van der Waals surface area contributed by atoms with Crippen molar-refractivity contribution < 1.29 is 4.79 Å². The molecule has 0 aromatic heterocycles. The number of hydrogen-bond donors (Lipinski definition) is 2. The summed E-state index contributed by atoms with van der Waals surface area (Å²) >= 11 is 0. The van der Waals surface area contributed by atoms with E-state index in [4.69, 9.17) is 0 Å². The standard InChI is InChI=1S/C15H22N2O/c1-11-7-6-10-16-14(11)15(18)17-12(2)13-8-4-3-5-9-13/h3-5,8-9,11-12,14,16H,6-7,10H2,1-2H3,(H,17,18). The fourth-order valence-electron chi connectivity index (χ4n) is 2.53. The average Bonchev–Trinajstić information content (AvgIpc) is 2.40. The van der Waals surface area contributed by atoms with Gasteiger partial charge >= 0.3 is 0 Å². The number of carbonyl (C=O) groups excluding carboxylic acids is 1. The summed E-state index contributed by atoms with van der Waals surface area (Å²) in [6.07, 6.45) is 2.30. The lowest BCUT2D eigenvalue weighted by molar-refractivity contribution is -0.125. The zero-order chi connectivity index (χ0) is 13.0. The fourth-order valence-corrected chi connectivity index (χ4v) is 2.53. The molecule has 0 spiro atoms. The van der Waals surface area contributed by atoms with E-state index >= 15 is 0 Å². The maximum absolute atomic E-state index is 12.2. The van der Waals surface area contributed by atoms with E-state index in [9.17, 15) is 4.79 Å². The van der Waals surface area contributed by atoms with Gasteiger partial charge in [0.05, 0.1) is 12.1 Å². The van der Waals surface area contributed by atoms with E-state index < -0.39 is 0 Å². The molecule has 0 aliphatic carbocycles. The number of rotatable bonds is 3. The SMILES string of the molecule is CC(NC(=O)C1NCCCC1C)c1ccccc1. The number of nitrogens with one attached hydrogen (secondary N) is 2. The summed E-state index contributed by atoms with van der Waals surface area (Å²) in [5.74, 6) is 0.542. The van der Waals surface area contributed by atoms with Crippen LogP contribution >= 0.6 is 0 Å². The number of carbonyl (C=O) groups is 1. The third kappa shape index (κ3) is 3.10. The van der Waals surface area contributed by atoms with E-state index in [0.717, 1.165) is 18.5 Å². The van der Waals surface area contributed by atoms with Crippen molar-refractivity contribution in [2.24, 2.45) is 5.92 Å². The molecule has 3 atom stereocenters. The van der Waals surface area contributed by atoms with E-state index in [1.807, 2.05) is 37.3 Å². The Bertz CT molecular complexity index is 391. The molecular weight excluding hydrogens is 224 g/mol. The largest absolute Gasteiger partial charge is 0.348 e. The van der Waals surface area contributed by atoms with Crippen molar-refractivity contribution in [3.63, 3.8) is 0 Å². The van der Waals surface area contributed by atoms with Crippen molar-refractivity contribution in [3.8, 4) is 0 Å².